The molecule has 0 bridgehead atoms. The lowest BCUT2D eigenvalue weighted by Gasteiger charge is -2.28. The minimum Gasteiger partial charge on any atom is -0.317 e. The van der Waals surface area contributed by atoms with Gasteiger partial charge in [0.15, 0.2) is 9.84 Å². The van der Waals surface area contributed by atoms with E-state index in [0.717, 1.165) is 45.6 Å². The van der Waals surface area contributed by atoms with Gasteiger partial charge in [0, 0.05) is 6.54 Å². The predicted octanol–water partition coefficient (Wildman–Crippen LogP) is 0.885. The van der Waals surface area contributed by atoms with Crippen LogP contribution in [0, 0.1) is 5.92 Å². The maximum Gasteiger partial charge on any atom is 0.154 e. The molecular formula is C13H26N2O2S. The van der Waals surface area contributed by atoms with Crippen molar-refractivity contribution < 1.29 is 8.42 Å². The Hall–Kier alpha value is -0.130. The zero-order valence-electron chi connectivity index (χ0n) is 11.4. The predicted molar refractivity (Wildman–Crippen MR) is 74.5 cm³/mol. The molecule has 0 aromatic heterocycles. The van der Waals surface area contributed by atoms with E-state index in [1.54, 1.807) is 0 Å². The molecule has 0 aromatic carbocycles. The first-order chi connectivity index (χ1) is 8.59. The van der Waals surface area contributed by atoms with Crippen LogP contribution >= 0.6 is 0 Å². The number of rotatable bonds is 5. The van der Waals surface area contributed by atoms with E-state index in [1.807, 2.05) is 6.92 Å². The van der Waals surface area contributed by atoms with Gasteiger partial charge in [-0.15, -0.1) is 0 Å². The van der Waals surface area contributed by atoms with Crippen molar-refractivity contribution in [2.75, 3.05) is 38.5 Å². The van der Waals surface area contributed by atoms with Gasteiger partial charge in [0.2, 0.25) is 0 Å². The van der Waals surface area contributed by atoms with E-state index >= 15 is 0 Å². The summed E-state index contributed by atoms with van der Waals surface area (Å²) in [4.78, 5) is 2.28. The van der Waals surface area contributed by atoms with Gasteiger partial charge in [0.25, 0.3) is 0 Å². The standard InChI is InChI=1S/C13H26N2O2S/c1-12(13-4-6-14-7-5-13)18(16,17)11-10-15-8-2-3-9-15/h12-14H,2-11H2,1H3. The minimum atomic E-state index is -2.92. The summed E-state index contributed by atoms with van der Waals surface area (Å²) in [5.41, 5.74) is 0. The van der Waals surface area contributed by atoms with E-state index in [-0.39, 0.29) is 5.25 Å². The zero-order chi connectivity index (χ0) is 13.0. The number of likely N-dealkylation sites (tertiary alicyclic amines) is 1. The van der Waals surface area contributed by atoms with Crippen LogP contribution in [0.5, 0.6) is 0 Å². The zero-order valence-corrected chi connectivity index (χ0v) is 12.2. The molecule has 1 atom stereocenters. The number of sulfone groups is 1. The average Bonchev–Trinajstić information content (AvgIpc) is 2.90. The van der Waals surface area contributed by atoms with Gasteiger partial charge < -0.3 is 10.2 Å². The van der Waals surface area contributed by atoms with E-state index in [9.17, 15) is 8.42 Å². The Morgan fingerprint density at radius 1 is 1.22 bits per heavy atom. The van der Waals surface area contributed by atoms with Gasteiger partial charge in [-0.1, -0.05) is 0 Å². The highest BCUT2D eigenvalue weighted by Crippen LogP contribution is 2.22. The molecule has 1 N–H and O–H groups in total. The Balaban J connectivity index is 1.84. The van der Waals surface area contributed by atoms with E-state index in [1.165, 1.54) is 12.8 Å². The second-order valence-corrected chi connectivity index (χ2v) is 8.19. The third-order valence-corrected chi connectivity index (χ3v) is 6.77. The van der Waals surface area contributed by atoms with Crippen LogP contribution < -0.4 is 5.32 Å². The first-order valence-electron chi connectivity index (χ1n) is 7.24. The van der Waals surface area contributed by atoms with Crippen molar-refractivity contribution in [3.05, 3.63) is 0 Å². The second-order valence-electron chi connectivity index (χ2n) is 5.71. The Morgan fingerprint density at radius 3 is 2.44 bits per heavy atom. The first kappa shape index (κ1) is 14.3. The molecule has 0 radical (unpaired) electrons. The van der Waals surface area contributed by atoms with Crippen LogP contribution in [0.2, 0.25) is 0 Å². The van der Waals surface area contributed by atoms with Crippen LogP contribution in [0.15, 0.2) is 0 Å². The molecule has 0 aromatic rings. The molecule has 1 unspecified atom stereocenters. The summed E-state index contributed by atoms with van der Waals surface area (Å²) in [6, 6.07) is 0. The summed E-state index contributed by atoms with van der Waals surface area (Å²) in [5.74, 6) is 0.702. The smallest absolute Gasteiger partial charge is 0.154 e. The fraction of sp³-hybridized carbons (Fsp3) is 1.00. The van der Waals surface area contributed by atoms with E-state index in [0.29, 0.717) is 11.7 Å². The second kappa shape index (κ2) is 6.35. The van der Waals surface area contributed by atoms with Crippen molar-refractivity contribution in [1.82, 2.24) is 10.2 Å². The molecule has 106 valence electrons. The number of hydrogen-bond acceptors (Lipinski definition) is 4. The summed E-state index contributed by atoms with van der Waals surface area (Å²) >= 11 is 0. The van der Waals surface area contributed by atoms with Crippen molar-refractivity contribution in [2.45, 2.75) is 37.9 Å². The molecule has 2 saturated heterocycles. The maximum atomic E-state index is 12.3. The first-order valence-corrected chi connectivity index (χ1v) is 8.96. The molecule has 4 nitrogen and oxygen atoms in total. The number of nitrogens with one attached hydrogen (secondary N) is 1. The number of nitrogens with zero attached hydrogens (tertiary/aromatic N) is 1. The van der Waals surface area contributed by atoms with Crippen molar-refractivity contribution >= 4 is 9.84 Å². The van der Waals surface area contributed by atoms with Gasteiger partial charge in [0.05, 0.1) is 11.0 Å². The lowest BCUT2D eigenvalue weighted by molar-refractivity contribution is 0.350. The molecule has 2 aliphatic heterocycles. The molecule has 0 saturated carbocycles. The SMILES string of the molecule is CC(C1CCNCC1)S(=O)(=O)CCN1CCCC1. The number of piperidine rings is 1. The van der Waals surface area contributed by atoms with Gasteiger partial charge in [-0.2, -0.15) is 0 Å². The van der Waals surface area contributed by atoms with Gasteiger partial charge in [-0.25, -0.2) is 8.42 Å². The molecule has 2 fully saturated rings. The lowest BCUT2D eigenvalue weighted by atomic mass is 9.95. The fourth-order valence-corrected chi connectivity index (χ4v) is 4.80. The fourth-order valence-electron chi connectivity index (χ4n) is 3.06. The normalized spacial score (nSPS) is 25.4. The summed E-state index contributed by atoms with van der Waals surface area (Å²) in [6.45, 7) is 6.74. The Bertz CT molecular complexity index is 344. The highest BCUT2D eigenvalue weighted by molar-refractivity contribution is 7.92. The van der Waals surface area contributed by atoms with Gasteiger partial charge in [-0.3, -0.25) is 0 Å². The summed E-state index contributed by atoms with van der Waals surface area (Å²) < 4.78 is 24.7. The highest BCUT2D eigenvalue weighted by atomic mass is 32.2. The molecule has 0 spiro atoms. The van der Waals surface area contributed by atoms with E-state index in [2.05, 4.69) is 10.2 Å². The third kappa shape index (κ3) is 3.68. The Morgan fingerprint density at radius 2 is 1.83 bits per heavy atom. The molecule has 0 amide bonds. The van der Waals surface area contributed by atoms with Crippen molar-refractivity contribution in [3.63, 3.8) is 0 Å². The molecular weight excluding hydrogens is 248 g/mol. The quantitative estimate of drug-likeness (QED) is 0.809. The van der Waals surface area contributed by atoms with Crippen molar-refractivity contribution in [3.8, 4) is 0 Å². The van der Waals surface area contributed by atoms with Gasteiger partial charge in [-0.05, 0) is 64.7 Å². The van der Waals surface area contributed by atoms with Gasteiger partial charge >= 0.3 is 0 Å². The largest absolute Gasteiger partial charge is 0.317 e. The van der Waals surface area contributed by atoms with Gasteiger partial charge in [0.1, 0.15) is 0 Å². The van der Waals surface area contributed by atoms with Crippen LogP contribution in [-0.4, -0.2) is 57.0 Å². The number of hydrogen-bond donors (Lipinski definition) is 1. The molecule has 2 aliphatic rings. The molecule has 2 heterocycles. The Kier molecular flexibility index (Phi) is 5.04. The molecule has 0 aliphatic carbocycles. The lowest BCUT2D eigenvalue weighted by Crippen LogP contribution is -2.39. The van der Waals surface area contributed by atoms with Crippen LogP contribution in [-0.2, 0) is 9.84 Å². The summed E-state index contributed by atoms with van der Waals surface area (Å²) in [6.07, 6.45) is 4.46. The molecule has 5 heteroatoms. The highest BCUT2D eigenvalue weighted by Gasteiger charge is 2.30. The Labute approximate surface area is 111 Å². The van der Waals surface area contributed by atoms with Crippen LogP contribution in [0.4, 0.5) is 0 Å². The maximum absolute atomic E-state index is 12.3. The topological polar surface area (TPSA) is 49.4 Å². The molecule has 2 rings (SSSR count). The van der Waals surface area contributed by atoms with Crippen LogP contribution in [0.3, 0.4) is 0 Å². The van der Waals surface area contributed by atoms with Crippen LogP contribution in [0.25, 0.3) is 0 Å². The monoisotopic (exact) mass is 274 g/mol. The van der Waals surface area contributed by atoms with E-state index in [4.69, 9.17) is 0 Å². The minimum absolute atomic E-state index is 0.165. The average molecular weight is 274 g/mol. The van der Waals surface area contributed by atoms with Crippen molar-refractivity contribution in [1.29, 1.82) is 0 Å². The van der Waals surface area contributed by atoms with Crippen molar-refractivity contribution in [2.24, 2.45) is 5.92 Å². The third-order valence-electron chi connectivity index (χ3n) is 4.50. The van der Waals surface area contributed by atoms with E-state index < -0.39 is 9.84 Å². The summed E-state index contributed by atoms with van der Waals surface area (Å²) in [5, 5.41) is 3.13. The van der Waals surface area contributed by atoms with Crippen LogP contribution in [0.1, 0.15) is 32.6 Å². The molecule has 18 heavy (non-hydrogen) atoms. The summed E-state index contributed by atoms with van der Waals surface area (Å²) in [7, 11) is -2.92.